The van der Waals surface area contributed by atoms with Crippen molar-refractivity contribution < 1.29 is 14.3 Å². The molecule has 1 rings (SSSR count). The fourth-order valence-electron chi connectivity index (χ4n) is 0.939. The molecule has 0 fully saturated rings. The van der Waals surface area contributed by atoms with E-state index < -0.39 is 16.6 Å². The lowest BCUT2D eigenvalue weighted by atomic mass is 10.2. The zero-order valence-corrected chi connectivity index (χ0v) is 10.5. The van der Waals surface area contributed by atoms with Gasteiger partial charge < -0.3 is 4.74 Å². The average molecular weight is 287 g/mol. The average Bonchev–Trinajstić information content (AvgIpc) is 2.27. The number of nitrogens with zero attached hydrogens (tertiary/aromatic N) is 2. The van der Waals surface area contributed by atoms with E-state index in [0.29, 0.717) is 0 Å². The zero-order valence-electron chi connectivity index (χ0n) is 8.88. The molecule has 16 heavy (non-hydrogen) atoms. The van der Waals surface area contributed by atoms with Crippen molar-refractivity contribution in [2.24, 2.45) is 0 Å². The van der Waals surface area contributed by atoms with Gasteiger partial charge in [-0.15, -0.1) is 0 Å². The summed E-state index contributed by atoms with van der Waals surface area (Å²) >= 11 is 2.97. The summed E-state index contributed by atoms with van der Waals surface area (Å²) in [5, 5.41) is 0. The normalized spacial score (nSPS) is 12.2. The molecule has 1 unspecified atom stereocenters. The molecule has 5 nitrogen and oxygen atoms in total. The Morgan fingerprint density at radius 2 is 1.88 bits per heavy atom. The van der Waals surface area contributed by atoms with Crippen molar-refractivity contribution in [3.05, 3.63) is 24.3 Å². The van der Waals surface area contributed by atoms with Crippen LogP contribution in [0.15, 0.2) is 18.5 Å². The number of hydrogen-bond acceptors (Lipinski definition) is 5. The van der Waals surface area contributed by atoms with Crippen molar-refractivity contribution in [1.82, 2.24) is 9.97 Å². The maximum absolute atomic E-state index is 11.7. The highest BCUT2D eigenvalue weighted by Gasteiger charge is 2.28. The number of Topliss-reactive ketones (excluding diaryl/α,β-unsaturated/α-hetero) is 1. The van der Waals surface area contributed by atoms with Crippen LogP contribution in [-0.4, -0.2) is 32.7 Å². The monoisotopic (exact) mass is 286 g/mol. The van der Waals surface area contributed by atoms with Crippen LogP contribution in [-0.2, 0) is 9.53 Å². The zero-order chi connectivity index (χ0) is 12.1. The van der Waals surface area contributed by atoms with Crippen LogP contribution in [0.5, 0.6) is 0 Å². The van der Waals surface area contributed by atoms with Crippen LogP contribution >= 0.6 is 15.9 Å². The fourth-order valence-corrected chi connectivity index (χ4v) is 1.25. The predicted molar refractivity (Wildman–Crippen MR) is 60.3 cm³/mol. The molecule has 0 N–H and O–H groups in total. The molecule has 0 spiro atoms. The molecular formula is C10H11BrN2O3. The summed E-state index contributed by atoms with van der Waals surface area (Å²) in [5.74, 6) is -1.15. The van der Waals surface area contributed by atoms with Crippen molar-refractivity contribution in [2.45, 2.75) is 24.8 Å². The van der Waals surface area contributed by atoms with Gasteiger partial charge in [-0.3, -0.25) is 9.59 Å². The van der Waals surface area contributed by atoms with Crippen LogP contribution in [0, 0.1) is 0 Å². The maximum atomic E-state index is 11.7. The van der Waals surface area contributed by atoms with E-state index >= 15 is 0 Å². The Labute approximate surface area is 101 Å². The van der Waals surface area contributed by atoms with E-state index in [9.17, 15) is 9.59 Å². The summed E-state index contributed by atoms with van der Waals surface area (Å²) in [7, 11) is 0. The molecule has 0 aromatic carbocycles. The van der Waals surface area contributed by atoms with Gasteiger partial charge in [0.2, 0.25) is 5.78 Å². The Morgan fingerprint density at radius 1 is 1.31 bits per heavy atom. The highest BCUT2D eigenvalue weighted by Crippen LogP contribution is 2.09. The first-order valence-corrected chi connectivity index (χ1v) is 5.59. The second-order valence-corrected chi connectivity index (χ2v) is 4.20. The SMILES string of the molecule is CC(C)OC(=O)C(Br)C(=O)c1ncccn1. The molecule has 1 heterocycles. The van der Waals surface area contributed by atoms with E-state index in [2.05, 4.69) is 25.9 Å². The molecule has 0 amide bonds. The molecule has 0 saturated carbocycles. The van der Waals surface area contributed by atoms with Gasteiger partial charge in [0.15, 0.2) is 10.7 Å². The third-order valence-electron chi connectivity index (χ3n) is 1.58. The lowest BCUT2D eigenvalue weighted by Crippen LogP contribution is -2.29. The summed E-state index contributed by atoms with van der Waals surface area (Å²) in [6.07, 6.45) is 2.61. The Balaban J connectivity index is 2.72. The molecule has 1 aromatic heterocycles. The van der Waals surface area contributed by atoms with Gasteiger partial charge >= 0.3 is 5.97 Å². The number of ether oxygens (including phenoxy) is 1. The highest BCUT2D eigenvalue weighted by molar-refractivity contribution is 9.10. The summed E-state index contributed by atoms with van der Waals surface area (Å²) in [4.78, 5) is 29.6. The van der Waals surface area contributed by atoms with Crippen LogP contribution < -0.4 is 0 Å². The third kappa shape index (κ3) is 3.37. The summed E-state index contributed by atoms with van der Waals surface area (Å²) in [6.45, 7) is 3.42. The molecular weight excluding hydrogens is 276 g/mol. The predicted octanol–water partition coefficient (Wildman–Crippen LogP) is 1.37. The van der Waals surface area contributed by atoms with Gasteiger partial charge in [-0.2, -0.15) is 0 Å². The number of carbonyl (C=O) groups excluding carboxylic acids is 2. The number of alkyl halides is 1. The first-order valence-electron chi connectivity index (χ1n) is 4.68. The molecule has 6 heteroatoms. The highest BCUT2D eigenvalue weighted by atomic mass is 79.9. The van der Waals surface area contributed by atoms with Gasteiger partial charge in [-0.25, -0.2) is 9.97 Å². The van der Waals surface area contributed by atoms with Crippen LogP contribution in [0.4, 0.5) is 0 Å². The minimum absolute atomic E-state index is 0.00918. The lowest BCUT2D eigenvalue weighted by molar-refractivity contribution is -0.145. The van der Waals surface area contributed by atoms with Gasteiger partial charge in [-0.1, -0.05) is 15.9 Å². The number of rotatable bonds is 4. The van der Waals surface area contributed by atoms with Crippen LogP contribution in [0.2, 0.25) is 0 Å². The number of esters is 1. The second-order valence-electron chi connectivity index (χ2n) is 3.28. The summed E-state index contributed by atoms with van der Waals surface area (Å²) in [6, 6.07) is 1.59. The van der Waals surface area contributed by atoms with Crippen LogP contribution in [0.3, 0.4) is 0 Å². The van der Waals surface area contributed by atoms with Crippen molar-refractivity contribution in [2.75, 3.05) is 0 Å². The van der Waals surface area contributed by atoms with Gasteiger partial charge in [-0.05, 0) is 19.9 Å². The summed E-state index contributed by atoms with van der Waals surface area (Å²) < 4.78 is 4.89. The number of aromatic nitrogens is 2. The van der Waals surface area contributed by atoms with Gasteiger partial charge in [0.25, 0.3) is 0 Å². The minimum atomic E-state index is -1.06. The van der Waals surface area contributed by atoms with Crippen molar-refractivity contribution in [3.63, 3.8) is 0 Å². The van der Waals surface area contributed by atoms with Gasteiger partial charge in [0.1, 0.15) is 0 Å². The third-order valence-corrected chi connectivity index (χ3v) is 2.36. The van der Waals surface area contributed by atoms with E-state index in [1.807, 2.05) is 0 Å². The Morgan fingerprint density at radius 3 is 2.38 bits per heavy atom. The molecule has 0 radical (unpaired) electrons. The lowest BCUT2D eigenvalue weighted by Gasteiger charge is -2.10. The largest absolute Gasteiger partial charge is 0.462 e. The molecule has 1 aromatic rings. The van der Waals surface area contributed by atoms with E-state index in [1.165, 1.54) is 12.4 Å². The Kier molecular flexibility index (Phi) is 4.54. The fraction of sp³-hybridized carbons (Fsp3) is 0.400. The smallest absolute Gasteiger partial charge is 0.328 e. The molecule has 0 aliphatic heterocycles. The molecule has 0 aliphatic rings. The number of ketones is 1. The molecule has 0 saturated heterocycles. The molecule has 0 aliphatic carbocycles. The van der Waals surface area contributed by atoms with Crippen molar-refractivity contribution in [3.8, 4) is 0 Å². The van der Waals surface area contributed by atoms with E-state index in [1.54, 1.807) is 19.9 Å². The van der Waals surface area contributed by atoms with E-state index in [4.69, 9.17) is 4.74 Å². The van der Waals surface area contributed by atoms with Gasteiger partial charge in [0.05, 0.1) is 6.10 Å². The Hall–Kier alpha value is -1.30. The van der Waals surface area contributed by atoms with Crippen molar-refractivity contribution in [1.29, 1.82) is 0 Å². The quantitative estimate of drug-likeness (QED) is 0.362. The topological polar surface area (TPSA) is 69.2 Å². The van der Waals surface area contributed by atoms with Gasteiger partial charge in [0, 0.05) is 12.4 Å². The van der Waals surface area contributed by atoms with E-state index in [-0.39, 0.29) is 11.9 Å². The minimum Gasteiger partial charge on any atom is -0.462 e. The number of hydrogen-bond donors (Lipinski definition) is 0. The number of halogens is 1. The van der Waals surface area contributed by atoms with Crippen molar-refractivity contribution >= 4 is 27.7 Å². The molecule has 0 bridgehead atoms. The Bertz CT molecular complexity index is 381. The first-order chi connectivity index (χ1) is 7.52. The number of carbonyl (C=O) groups is 2. The first kappa shape index (κ1) is 12.8. The van der Waals surface area contributed by atoms with Crippen LogP contribution in [0.1, 0.15) is 24.5 Å². The molecule has 1 atom stereocenters. The van der Waals surface area contributed by atoms with E-state index in [0.717, 1.165) is 0 Å². The standard InChI is InChI=1S/C10H11BrN2O3/c1-6(2)16-10(15)7(11)8(14)9-12-4-3-5-13-9/h3-7H,1-2H3. The van der Waals surface area contributed by atoms with Crippen LogP contribution in [0.25, 0.3) is 0 Å². The summed E-state index contributed by atoms with van der Waals surface area (Å²) in [5.41, 5.74) is 0. The molecule has 86 valence electrons. The second kappa shape index (κ2) is 5.69. The maximum Gasteiger partial charge on any atom is 0.328 e.